The van der Waals surface area contributed by atoms with Crippen LogP contribution in [-0.2, 0) is 11.3 Å². The zero-order valence-corrected chi connectivity index (χ0v) is 11.0. The molecule has 114 valence electrons. The molecule has 0 fully saturated rings. The second kappa shape index (κ2) is 5.29. The highest BCUT2D eigenvalue weighted by Crippen LogP contribution is 2.15. The molecule has 0 aliphatic carbocycles. The Hall–Kier alpha value is -2.21. The maximum atomic E-state index is 12.2. The SMILES string of the molecule is NCCn1c(=S)n(OC(=O)C(F)(F)F)c(=O)c2[nH]cnc21. The molecular formula is C9H8F3N5O3S. The van der Waals surface area contributed by atoms with Gasteiger partial charge in [-0.05, 0) is 12.2 Å². The lowest BCUT2D eigenvalue weighted by atomic mass is 10.5. The van der Waals surface area contributed by atoms with E-state index in [1.807, 2.05) is 0 Å². The van der Waals surface area contributed by atoms with Crippen molar-refractivity contribution in [2.45, 2.75) is 12.7 Å². The maximum Gasteiger partial charge on any atom is 0.493 e. The third-order valence-electron chi connectivity index (χ3n) is 2.44. The Labute approximate surface area is 118 Å². The summed E-state index contributed by atoms with van der Waals surface area (Å²) in [6.45, 7) is 0.158. The molecule has 12 heteroatoms. The van der Waals surface area contributed by atoms with Crippen molar-refractivity contribution in [3.05, 3.63) is 21.5 Å². The van der Waals surface area contributed by atoms with Crippen LogP contribution in [0.3, 0.4) is 0 Å². The molecule has 0 saturated heterocycles. The predicted molar refractivity (Wildman–Crippen MR) is 65.9 cm³/mol. The number of halogens is 3. The van der Waals surface area contributed by atoms with Crippen molar-refractivity contribution in [1.82, 2.24) is 19.3 Å². The van der Waals surface area contributed by atoms with Crippen LogP contribution in [0.2, 0.25) is 0 Å². The fraction of sp³-hybridized carbons (Fsp3) is 0.333. The number of hydrogen-bond donors (Lipinski definition) is 2. The first kappa shape index (κ1) is 15.2. The number of hydrogen-bond acceptors (Lipinski definition) is 6. The van der Waals surface area contributed by atoms with Gasteiger partial charge in [-0.25, -0.2) is 9.78 Å². The number of nitrogens with zero attached hydrogens (tertiary/aromatic N) is 3. The molecule has 0 bridgehead atoms. The number of carbonyl (C=O) groups excluding carboxylic acids is 1. The summed E-state index contributed by atoms with van der Waals surface area (Å²) >= 11 is 4.85. The maximum absolute atomic E-state index is 12.2. The summed E-state index contributed by atoms with van der Waals surface area (Å²) in [6, 6.07) is 0. The summed E-state index contributed by atoms with van der Waals surface area (Å²) in [6.07, 6.45) is -4.10. The van der Waals surface area contributed by atoms with Crippen molar-refractivity contribution < 1.29 is 22.8 Å². The van der Waals surface area contributed by atoms with E-state index in [-0.39, 0.29) is 29.0 Å². The number of alkyl halides is 3. The molecule has 0 radical (unpaired) electrons. The van der Waals surface area contributed by atoms with E-state index >= 15 is 0 Å². The van der Waals surface area contributed by atoms with Crippen LogP contribution in [0.5, 0.6) is 0 Å². The van der Waals surface area contributed by atoms with Gasteiger partial charge in [-0.15, -0.1) is 4.73 Å². The Morgan fingerprint density at radius 2 is 2.19 bits per heavy atom. The third kappa shape index (κ3) is 2.67. The third-order valence-corrected chi connectivity index (χ3v) is 2.82. The van der Waals surface area contributed by atoms with Gasteiger partial charge < -0.3 is 15.6 Å². The second-order valence-corrected chi connectivity index (χ2v) is 4.17. The summed E-state index contributed by atoms with van der Waals surface area (Å²) in [5.74, 6) is -2.56. The number of nitrogens with two attached hydrogens (primary N) is 1. The van der Waals surface area contributed by atoms with Crippen molar-refractivity contribution in [3.8, 4) is 0 Å². The van der Waals surface area contributed by atoms with Gasteiger partial charge in [0.25, 0.3) is 0 Å². The van der Waals surface area contributed by atoms with Gasteiger partial charge in [-0.2, -0.15) is 13.2 Å². The zero-order chi connectivity index (χ0) is 15.8. The molecule has 0 spiro atoms. The van der Waals surface area contributed by atoms with Crippen LogP contribution in [0.4, 0.5) is 13.2 Å². The van der Waals surface area contributed by atoms with Crippen molar-refractivity contribution in [1.29, 1.82) is 0 Å². The minimum Gasteiger partial charge on any atom is -0.339 e. The van der Waals surface area contributed by atoms with Crippen LogP contribution >= 0.6 is 12.2 Å². The Morgan fingerprint density at radius 1 is 1.52 bits per heavy atom. The predicted octanol–water partition coefficient (Wildman–Crippen LogP) is -0.268. The summed E-state index contributed by atoms with van der Waals surface area (Å²) < 4.78 is 37.5. The standard InChI is InChI=1S/C9H8F3N5O3S/c10-9(11,12)7(19)20-17-6(18)4-5(15-3-14-4)16(2-1-13)8(17)21/h3H,1-2,13H2,(H,14,15). The van der Waals surface area contributed by atoms with Crippen LogP contribution in [0.15, 0.2) is 11.1 Å². The highest BCUT2D eigenvalue weighted by molar-refractivity contribution is 7.71. The molecule has 2 aromatic heterocycles. The van der Waals surface area contributed by atoms with Crippen LogP contribution in [-0.4, -0.2) is 38.0 Å². The molecular weight excluding hydrogens is 315 g/mol. The fourth-order valence-corrected chi connectivity index (χ4v) is 1.88. The van der Waals surface area contributed by atoms with Gasteiger partial charge >= 0.3 is 17.7 Å². The van der Waals surface area contributed by atoms with Gasteiger partial charge in [0.1, 0.15) is 0 Å². The lowest BCUT2D eigenvalue weighted by Crippen LogP contribution is -2.40. The number of nitrogens with one attached hydrogen (secondary N) is 1. The van der Waals surface area contributed by atoms with Gasteiger partial charge in [0.05, 0.1) is 6.33 Å². The molecule has 0 aromatic carbocycles. The number of fused-ring (bicyclic) bond motifs is 1. The molecule has 0 aliphatic heterocycles. The van der Waals surface area contributed by atoms with Crippen LogP contribution < -0.4 is 16.1 Å². The second-order valence-electron chi connectivity index (χ2n) is 3.80. The molecule has 0 atom stereocenters. The molecule has 8 nitrogen and oxygen atoms in total. The van der Waals surface area contributed by atoms with Crippen molar-refractivity contribution in [2.24, 2.45) is 5.73 Å². The normalized spacial score (nSPS) is 11.8. The number of imidazole rings is 1. The number of H-pyrrole nitrogens is 1. The summed E-state index contributed by atoms with van der Waals surface area (Å²) in [4.78, 5) is 33.1. The number of aromatic amines is 1. The summed E-state index contributed by atoms with van der Waals surface area (Å²) in [7, 11) is 0. The van der Waals surface area contributed by atoms with Gasteiger partial charge in [0.15, 0.2) is 11.2 Å². The molecule has 0 aliphatic rings. The lowest BCUT2D eigenvalue weighted by molar-refractivity contribution is -0.200. The Morgan fingerprint density at radius 3 is 2.76 bits per heavy atom. The molecule has 0 saturated carbocycles. The van der Waals surface area contributed by atoms with Gasteiger partial charge in [0, 0.05) is 13.1 Å². The first-order valence-corrected chi connectivity index (χ1v) is 5.86. The quantitative estimate of drug-likeness (QED) is 0.753. The van der Waals surface area contributed by atoms with E-state index in [0.29, 0.717) is 0 Å². The monoisotopic (exact) mass is 323 g/mol. The minimum atomic E-state index is -5.26. The molecule has 0 unspecified atom stereocenters. The number of rotatable bonds is 3. The number of carbonyl (C=O) groups is 1. The highest BCUT2D eigenvalue weighted by Gasteiger charge is 2.42. The van der Waals surface area contributed by atoms with Crippen LogP contribution in [0.1, 0.15) is 0 Å². The zero-order valence-electron chi connectivity index (χ0n) is 10.2. The summed E-state index contributed by atoms with van der Waals surface area (Å²) in [5.41, 5.74) is 4.26. The smallest absolute Gasteiger partial charge is 0.339 e. The van der Waals surface area contributed by atoms with Crippen molar-refractivity contribution in [2.75, 3.05) is 6.54 Å². The van der Waals surface area contributed by atoms with E-state index in [0.717, 1.165) is 6.33 Å². The van der Waals surface area contributed by atoms with Crippen LogP contribution in [0.25, 0.3) is 11.2 Å². The average Bonchev–Trinajstić information content (AvgIpc) is 2.87. The minimum absolute atomic E-state index is 0.0734. The molecule has 2 heterocycles. The highest BCUT2D eigenvalue weighted by atomic mass is 32.1. The fourth-order valence-electron chi connectivity index (χ4n) is 1.58. The Bertz CT molecular complexity index is 806. The molecule has 2 aromatic rings. The topological polar surface area (TPSA) is 108 Å². The molecule has 0 amide bonds. The van der Waals surface area contributed by atoms with Gasteiger partial charge in [0.2, 0.25) is 4.77 Å². The largest absolute Gasteiger partial charge is 0.493 e. The lowest BCUT2D eigenvalue weighted by Gasteiger charge is -2.12. The van der Waals surface area contributed by atoms with Crippen LogP contribution in [0, 0.1) is 4.77 Å². The van der Waals surface area contributed by atoms with E-state index < -0.39 is 22.5 Å². The summed E-state index contributed by atoms with van der Waals surface area (Å²) in [5, 5.41) is 0. The van der Waals surface area contributed by atoms with E-state index in [9.17, 15) is 22.8 Å². The Kier molecular flexibility index (Phi) is 3.82. The van der Waals surface area contributed by atoms with E-state index in [4.69, 9.17) is 18.0 Å². The van der Waals surface area contributed by atoms with Gasteiger partial charge in [-0.3, -0.25) is 9.36 Å². The van der Waals surface area contributed by atoms with Gasteiger partial charge in [-0.1, -0.05) is 0 Å². The van der Waals surface area contributed by atoms with E-state index in [2.05, 4.69) is 14.8 Å². The Balaban J connectivity index is 2.66. The van der Waals surface area contributed by atoms with E-state index in [1.54, 1.807) is 0 Å². The molecule has 2 rings (SSSR count). The molecule has 3 N–H and O–H groups in total. The van der Waals surface area contributed by atoms with Crippen molar-refractivity contribution >= 4 is 29.4 Å². The molecule has 21 heavy (non-hydrogen) atoms. The number of aromatic nitrogens is 4. The first-order chi connectivity index (χ1) is 9.77. The first-order valence-electron chi connectivity index (χ1n) is 5.46. The van der Waals surface area contributed by atoms with E-state index in [1.165, 1.54) is 4.57 Å². The van der Waals surface area contributed by atoms with Crippen molar-refractivity contribution in [3.63, 3.8) is 0 Å². The average molecular weight is 323 g/mol.